The SMILES string of the molecule is CN(Cc1nc(-c2ccsc2)no1)c1ccc(F)cc1. The predicted molar refractivity (Wildman–Crippen MR) is 76.1 cm³/mol. The zero-order valence-electron chi connectivity index (χ0n) is 10.8. The first-order chi connectivity index (χ1) is 9.72. The maximum Gasteiger partial charge on any atom is 0.246 e. The summed E-state index contributed by atoms with van der Waals surface area (Å²) in [7, 11) is 1.89. The summed E-state index contributed by atoms with van der Waals surface area (Å²) < 4.78 is 18.1. The van der Waals surface area contributed by atoms with Gasteiger partial charge in [0.1, 0.15) is 5.82 Å². The van der Waals surface area contributed by atoms with Crippen LogP contribution < -0.4 is 4.90 Å². The Morgan fingerprint density at radius 2 is 2.05 bits per heavy atom. The van der Waals surface area contributed by atoms with E-state index in [-0.39, 0.29) is 5.82 Å². The largest absolute Gasteiger partial charge is 0.365 e. The van der Waals surface area contributed by atoms with E-state index >= 15 is 0 Å². The molecule has 0 amide bonds. The van der Waals surface area contributed by atoms with Crippen molar-refractivity contribution in [1.29, 1.82) is 0 Å². The van der Waals surface area contributed by atoms with Crippen LogP contribution >= 0.6 is 11.3 Å². The topological polar surface area (TPSA) is 42.2 Å². The molecule has 3 rings (SSSR count). The van der Waals surface area contributed by atoms with Gasteiger partial charge in [-0.15, -0.1) is 0 Å². The molecule has 0 saturated carbocycles. The zero-order valence-corrected chi connectivity index (χ0v) is 11.6. The predicted octanol–water partition coefficient (Wildman–Crippen LogP) is 3.57. The highest BCUT2D eigenvalue weighted by molar-refractivity contribution is 7.08. The molecule has 6 heteroatoms. The van der Waals surface area contributed by atoms with Crippen molar-refractivity contribution in [3.8, 4) is 11.4 Å². The molecule has 0 aliphatic rings. The fourth-order valence-electron chi connectivity index (χ4n) is 1.82. The van der Waals surface area contributed by atoms with E-state index in [1.807, 2.05) is 28.8 Å². The smallest absolute Gasteiger partial charge is 0.246 e. The van der Waals surface area contributed by atoms with Gasteiger partial charge in [0.25, 0.3) is 0 Å². The van der Waals surface area contributed by atoms with Gasteiger partial charge in [-0.25, -0.2) is 4.39 Å². The Morgan fingerprint density at radius 3 is 2.75 bits per heavy atom. The average Bonchev–Trinajstić information content (AvgIpc) is 3.09. The molecule has 0 bridgehead atoms. The van der Waals surface area contributed by atoms with Crippen molar-refractivity contribution in [2.45, 2.75) is 6.54 Å². The van der Waals surface area contributed by atoms with Crippen LogP contribution in [-0.2, 0) is 6.54 Å². The second kappa shape index (κ2) is 5.42. The van der Waals surface area contributed by atoms with Crippen molar-refractivity contribution >= 4 is 17.0 Å². The monoisotopic (exact) mass is 289 g/mol. The second-order valence-corrected chi connectivity index (χ2v) is 5.14. The summed E-state index contributed by atoms with van der Waals surface area (Å²) in [6, 6.07) is 8.23. The maximum atomic E-state index is 12.9. The lowest BCUT2D eigenvalue weighted by atomic mass is 10.3. The molecule has 102 valence electrons. The molecule has 0 unspecified atom stereocenters. The Balaban J connectivity index is 1.73. The van der Waals surface area contributed by atoms with Crippen molar-refractivity contribution in [3.63, 3.8) is 0 Å². The molecule has 0 atom stereocenters. The summed E-state index contributed by atoms with van der Waals surface area (Å²) in [5.41, 5.74) is 1.84. The molecule has 0 saturated heterocycles. The number of benzene rings is 1. The Morgan fingerprint density at radius 1 is 1.25 bits per heavy atom. The number of aromatic nitrogens is 2. The number of anilines is 1. The standard InChI is InChI=1S/C14H12FN3OS/c1-18(12-4-2-11(15)3-5-12)8-13-16-14(17-19-13)10-6-7-20-9-10/h2-7,9H,8H2,1H3. The minimum Gasteiger partial charge on any atom is -0.365 e. The minimum atomic E-state index is -0.250. The summed E-state index contributed by atoms with van der Waals surface area (Å²) in [6.45, 7) is 0.475. The van der Waals surface area contributed by atoms with Gasteiger partial charge in [0.2, 0.25) is 11.7 Å². The third-order valence-corrected chi connectivity index (χ3v) is 3.57. The van der Waals surface area contributed by atoms with Crippen LogP contribution in [0.5, 0.6) is 0 Å². The van der Waals surface area contributed by atoms with E-state index in [1.54, 1.807) is 23.5 Å². The van der Waals surface area contributed by atoms with Crippen LogP contribution in [-0.4, -0.2) is 17.2 Å². The number of rotatable bonds is 4. The van der Waals surface area contributed by atoms with Gasteiger partial charge in [-0.2, -0.15) is 16.3 Å². The summed E-state index contributed by atoms with van der Waals surface area (Å²) in [5.74, 6) is 0.867. The minimum absolute atomic E-state index is 0.250. The zero-order chi connectivity index (χ0) is 13.9. The highest BCUT2D eigenvalue weighted by Crippen LogP contribution is 2.20. The Labute approximate surface area is 119 Å². The van der Waals surface area contributed by atoms with E-state index in [0.717, 1.165) is 11.3 Å². The van der Waals surface area contributed by atoms with E-state index in [4.69, 9.17) is 4.52 Å². The quantitative estimate of drug-likeness (QED) is 0.736. The van der Waals surface area contributed by atoms with Crippen LogP contribution in [0.15, 0.2) is 45.6 Å². The van der Waals surface area contributed by atoms with Crippen molar-refractivity contribution in [2.75, 3.05) is 11.9 Å². The van der Waals surface area contributed by atoms with Gasteiger partial charge in [0.15, 0.2) is 0 Å². The van der Waals surface area contributed by atoms with Crippen LogP contribution in [0.25, 0.3) is 11.4 Å². The first kappa shape index (κ1) is 12.8. The molecule has 0 aliphatic heterocycles. The van der Waals surface area contributed by atoms with Gasteiger partial charge < -0.3 is 9.42 Å². The Hall–Kier alpha value is -2.21. The molecule has 20 heavy (non-hydrogen) atoms. The van der Waals surface area contributed by atoms with Gasteiger partial charge in [0.05, 0.1) is 6.54 Å². The molecule has 2 aromatic heterocycles. The first-order valence-corrected chi connectivity index (χ1v) is 6.98. The first-order valence-electron chi connectivity index (χ1n) is 6.04. The molecule has 0 fully saturated rings. The molecule has 3 aromatic rings. The number of hydrogen-bond donors (Lipinski definition) is 0. The number of hydrogen-bond acceptors (Lipinski definition) is 5. The van der Waals surface area contributed by atoms with E-state index in [9.17, 15) is 4.39 Å². The fraction of sp³-hybridized carbons (Fsp3) is 0.143. The average molecular weight is 289 g/mol. The summed E-state index contributed by atoms with van der Waals surface area (Å²) in [5, 5.41) is 7.89. The lowest BCUT2D eigenvalue weighted by Gasteiger charge is -2.16. The molecule has 0 radical (unpaired) electrons. The van der Waals surface area contributed by atoms with Gasteiger partial charge >= 0.3 is 0 Å². The Kier molecular flexibility index (Phi) is 3.47. The number of nitrogens with zero attached hydrogens (tertiary/aromatic N) is 3. The molecule has 0 spiro atoms. The van der Waals surface area contributed by atoms with Crippen LogP contribution in [0.1, 0.15) is 5.89 Å². The van der Waals surface area contributed by atoms with E-state index < -0.39 is 0 Å². The van der Waals surface area contributed by atoms with E-state index in [1.165, 1.54) is 12.1 Å². The lowest BCUT2D eigenvalue weighted by molar-refractivity contribution is 0.378. The number of thiophene rings is 1. The van der Waals surface area contributed by atoms with E-state index in [0.29, 0.717) is 18.3 Å². The third kappa shape index (κ3) is 2.70. The maximum absolute atomic E-state index is 12.9. The van der Waals surface area contributed by atoms with Gasteiger partial charge in [0, 0.05) is 23.7 Å². The van der Waals surface area contributed by atoms with Gasteiger partial charge in [-0.1, -0.05) is 5.16 Å². The molecule has 0 N–H and O–H groups in total. The lowest BCUT2D eigenvalue weighted by Crippen LogP contribution is -2.16. The summed E-state index contributed by atoms with van der Waals surface area (Å²) in [4.78, 5) is 6.27. The molecular weight excluding hydrogens is 277 g/mol. The van der Waals surface area contributed by atoms with Crippen molar-refractivity contribution in [2.24, 2.45) is 0 Å². The molecular formula is C14H12FN3OS. The Bertz CT molecular complexity index is 679. The summed E-state index contributed by atoms with van der Waals surface area (Å²) in [6.07, 6.45) is 0. The number of halogens is 1. The van der Waals surface area contributed by atoms with Gasteiger partial charge in [-0.3, -0.25) is 0 Å². The highest BCUT2D eigenvalue weighted by atomic mass is 32.1. The van der Waals surface area contributed by atoms with Crippen LogP contribution in [0, 0.1) is 5.82 Å². The highest BCUT2D eigenvalue weighted by Gasteiger charge is 2.11. The third-order valence-electron chi connectivity index (χ3n) is 2.89. The fourth-order valence-corrected chi connectivity index (χ4v) is 2.45. The van der Waals surface area contributed by atoms with Gasteiger partial charge in [-0.05, 0) is 35.7 Å². The molecule has 1 aromatic carbocycles. The normalized spacial score (nSPS) is 10.7. The van der Waals surface area contributed by atoms with E-state index in [2.05, 4.69) is 10.1 Å². The molecule has 2 heterocycles. The van der Waals surface area contributed by atoms with Crippen molar-refractivity contribution in [3.05, 3.63) is 52.8 Å². The molecule has 0 aliphatic carbocycles. The summed E-state index contributed by atoms with van der Waals surface area (Å²) >= 11 is 1.59. The van der Waals surface area contributed by atoms with Crippen molar-refractivity contribution < 1.29 is 8.91 Å². The second-order valence-electron chi connectivity index (χ2n) is 4.36. The van der Waals surface area contributed by atoms with Crippen LogP contribution in [0.3, 0.4) is 0 Å². The molecule has 4 nitrogen and oxygen atoms in total. The van der Waals surface area contributed by atoms with Crippen molar-refractivity contribution in [1.82, 2.24) is 10.1 Å². The van der Waals surface area contributed by atoms with Crippen LogP contribution in [0.4, 0.5) is 10.1 Å². The van der Waals surface area contributed by atoms with Crippen LogP contribution in [0.2, 0.25) is 0 Å².